The standard InChI is InChI=1S/C6H8F7N/c1-3(2-14)4(7,8)5(9,10)6(11,12)13/h3H,2,14H2,1H3. The van der Waals surface area contributed by atoms with Crippen LogP contribution in [0.1, 0.15) is 6.92 Å². The van der Waals surface area contributed by atoms with Crippen LogP contribution in [0.3, 0.4) is 0 Å². The lowest BCUT2D eigenvalue weighted by Gasteiger charge is -2.31. The molecule has 0 aliphatic carbocycles. The fourth-order valence-electron chi connectivity index (χ4n) is 0.646. The highest BCUT2D eigenvalue weighted by atomic mass is 19.4. The van der Waals surface area contributed by atoms with Gasteiger partial charge in [0, 0.05) is 12.5 Å². The van der Waals surface area contributed by atoms with Crippen molar-refractivity contribution in [2.24, 2.45) is 11.7 Å². The van der Waals surface area contributed by atoms with Gasteiger partial charge in [0.1, 0.15) is 0 Å². The van der Waals surface area contributed by atoms with E-state index in [9.17, 15) is 30.7 Å². The Labute approximate surface area is 75.1 Å². The molecule has 0 amide bonds. The van der Waals surface area contributed by atoms with Gasteiger partial charge in [0.25, 0.3) is 0 Å². The minimum atomic E-state index is -6.28. The zero-order chi connectivity index (χ0) is 11.8. The van der Waals surface area contributed by atoms with Gasteiger partial charge in [-0.3, -0.25) is 0 Å². The van der Waals surface area contributed by atoms with Crippen LogP contribution >= 0.6 is 0 Å². The van der Waals surface area contributed by atoms with Gasteiger partial charge < -0.3 is 5.73 Å². The van der Waals surface area contributed by atoms with Crippen molar-refractivity contribution in [2.45, 2.75) is 24.9 Å². The lowest BCUT2D eigenvalue weighted by molar-refractivity contribution is -0.364. The molecule has 0 saturated carbocycles. The monoisotopic (exact) mass is 227 g/mol. The minimum absolute atomic E-state index is 0.527. The molecule has 0 bridgehead atoms. The summed E-state index contributed by atoms with van der Waals surface area (Å²) in [5.41, 5.74) is 4.62. The van der Waals surface area contributed by atoms with E-state index in [1.165, 1.54) is 0 Å². The number of alkyl halides is 7. The molecule has 1 unspecified atom stereocenters. The van der Waals surface area contributed by atoms with E-state index in [1.54, 1.807) is 0 Å². The van der Waals surface area contributed by atoms with Crippen molar-refractivity contribution in [1.29, 1.82) is 0 Å². The summed E-state index contributed by atoms with van der Waals surface area (Å²) in [6.07, 6.45) is -6.28. The van der Waals surface area contributed by atoms with Crippen LogP contribution in [0.2, 0.25) is 0 Å². The van der Waals surface area contributed by atoms with Crippen molar-refractivity contribution in [1.82, 2.24) is 0 Å². The van der Waals surface area contributed by atoms with Gasteiger partial charge in [-0.15, -0.1) is 0 Å². The summed E-state index contributed by atoms with van der Waals surface area (Å²) in [5, 5.41) is 0. The molecule has 0 aromatic rings. The van der Waals surface area contributed by atoms with Crippen molar-refractivity contribution in [2.75, 3.05) is 6.54 Å². The van der Waals surface area contributed by atoms with Gasteiger partial charge in [-0.2, -0.15) is 30.7 Å². The quantitative estimate of drug-likeness (QED) is 0.736. The molecule has 0 fully saturated rings. The zero-order valence-corrected chi connectivity index (χ0v) is 7.01. The predicted octanol–water partition coefficient (Wildman–Crippen LogP) is 2.41. The summed E-state index contributed by atoms with van der Waals surface area (Å²) < 4.78 is 84.2. The number of nitrogens with two attached hydrogens (primary N) is 1. The lowest BCUT2D eigenvalue weighted by Crippen LogP contribution is -2.56. The number of halogens is 7. The maximum Gasteiger partial charge on any atom is 0.459 e. The number of rotatable bonds is 3. The van der Waals surface area contributed by atoms with Crippen LogP contribution in [0.25, 0.3) is 0 Å². The second-order valence-electron chi connectivity index (χ2n) is 2.83. The largest absolute Gasteiger partial charge is 0.459 e. The molecule has 0 heterocycles. The summed E-state index contributed by atoms with van der Waals surface area (Å²) in [6, 6.07) is 0. The van der Waals surface area contributed by atoms with E-state index < -0.39 is 30.5 Å². The van der Waals surface area contributed by atoms with Gasteiger partial charge in [0.05, 0.1) is 0 Å². The van der Waals surface area contributed by atoms with E-state index in [2.05, 4.69) is 5.73 Å². The van der Waals surface area contributed by atoms with Crippen LogP contribution in [-0.4, -0.2) is 24.6 Å². The zero-order valence-electron chi connectivity index (χ0n) is 7.01. The smallest absolute Gasteiger partial charge is 0.330 e. The highest BCUT2D eigenvalue weighted by molar-refractivity contribution is 4.94. The number of hydrogen-bond acceptors (Lipinski definition) is 1. The Hall–Kier alpha value is -0.530. The van der Waals surface area contributed by atoms with E-state index >= 15 is 0 Å². The highest BCUT2D eigenvalue weighted by Gasteiger charge is 2.74. The average Bonchev–Trinajstić information content (AvgIpc) is 2.00. The molecule has 1 atom stereocenters. The summed E-state index contributed by atoms with van der Waals surface area (Å²) in [6.45, 7) is -0.432. The molecular formula is C6H8F7N. The molecular weight excluding hydrogens is 219 g/mol. The van der Waals surface area contributed by atoms with E-state index in [1.807, 2.05) is 0 Å². The lowest BCUT2D eigenvalue weighted by atomic mass is 9.97. The third-order valence-corrected chi connectivity index (χ3v) is 1.75. The van der Waals surface area contributed by atoms with Crippen LogP contribution in [-0.2, 0) is 0 Å². The Morgan fingerprint density at radius 2 is 1.36 bits per heavy atom. The van der Waals surface area contributed by atoms with Crippen LogP contribution in [0.15, 0.2) is 0 Å². The van der Waals surface area contributed by atoms with Crippen molar-refractivity contribution in [3.05, 3.63) is 0 Å². The van der Waals surface area contributed by atoms with Crippen LogP contribution in [0.4, 0.5) is 30.7 Å². The summed E-state index contributed by atoms with van der Waals surface area (Å²) in [7, 11) is 0. The molecule has 2 N–H and O–H groups in total. The molecule has 0 aliphatic heterocycles. The van der Waals surface area contributed by atoms with E-state index in [4.69, 9.17) is 0 Å². The van der Waals surface area contributed by atoms with Crippen molar-refractivity contribution < 1.29 is 30.7 Å². The first kappa shape index (κ1) is 13.5. The first-order chi connectivity index (χ1) is 5.98. The van der Waals surface area contributed by atoms with Gasteiger partial charge in [-0.25, -0.2) is 0 Å². The van der Waals surface area contributed by atoms with E-state index in [-0.39, 0.29) is 0 Å². The van der Waals surface area contributed by atoms with Gasteiger partial charge >= 0.3 is 18.0 Å². The normalized spacial score (nSPS) is 16.9. The van der Waals surface area contributed by atoms with Gasteiger partial charge in [0.2, 0.25) is 0 Å². The first-order valence-corrected chi connectivity index (χ1v) is 3.51. The fraction of sp³-hybridized carbons (Fsp3) is 1.00. The third-order valence-electron chi connectivity index (χ3n) is 1.75. The average molecular weight is 227 g/mol. The Morgan fingerprint density at radius 1 is 1.00 bits per heavy atom. The van der Waals surface area contributed by atoms with E-state index in [0.717, 1.165) is 0 Å². The maximum atomic E-state index is 12.5. The summed E-state index contributed by atoms with van der Waals surface area (Å²) in [5.74, 6) is -13.5. The van der Waals surface area contributed by atoms with Crippen molar-refractivity contribution >= 4 is 0 Å². The molecule has 0 radical (unpaired) electrons. The third kappa shape index (κ3) is 1.94. The highest BCUT2D eigenvalue weighted by Crippen LogP contribution is 2.49. The van der Waals surface area contributed by atoms with Crippen LogP contribution in [0.5, 0.6) is 0 Å². The van der Waals surface area contributed by atoms with Gasteiger partial charge in [-0.05, 0) is 0 Å². The molecule has 0 aromatic heterocycles. The Balaban J connectivity index is 5.07. The van der Waals surface area contributed by atoms with Crippen molar-refractivity contribution in [3.63, 3.8) is 0 Å². The predicted molar refractivity (Wildman–Crippen MR) is 34.2 cm³/mol. The summed E-state index contributed by atoms with van der Waals surface area (Å²) >= 11 is 0. The number of hydrogen-bond donors (Lipinski definition) is 1. The minimum Gasteiger partial charge on any atom is -0.330 e. The molecule has 1 nitrogen and oxygen atoms in total. The molecule has 86 valence electrons. The van der Waals surface area contributed by atoms with Crippen molar-refractivity contribution in [3.8, 4) is 0 Å². The topological polar surface area (TPSA) is 26.0 Å². The van der Waals surface area contributed by atoms with Crippen LogP contribution < -0.4 is 5.73 Å². The molecule has 0 spiro atoms. The van der Waals surface area contributed by atoms with Gasteiger partial charge in [0.15, 0.2) is 0 Å². The van der Waals surface area contributed by atoms with E-state index in [0.29, 0.717) is 6.92 Å². The SMILES string of the molecule is CC(CN)C(F)(F)C(F)(F)C(F)(F)F. The second-order valence-corrected chi connectivity index (χ2v) is 2.83. The molecule has 0 rings (SSSR count). The fourth-order valence-corrected chi connectivity index (χ4v) is 0.646. The second kappa shape index (κ2) is 3.56. The Bertz CT molecular complexity index is 197. The van der Waals surface area contributed by atoms with Gasteiger partial charge in [-0.1, -0.05) is 6.92 Å². The molecule has 14 heavy (non-hydrogen) atoms. The maximum absolute atomic E-state index is 12.5. The molecule has 0 saturated heterocycles. The Kier molecular flexibility index (Phi) is 3.42. The first-order valence-electron chi connectivity index (χ1n) is 3.51. The molecule has 0 aromatic carbocycles. The van der Waals surface area contributed by atoms with Crippen LogP contribution in [0, 0.1) is 5.92 Å². The summed E-state index contributed by atoms with van der Waals surface area (Å²) in [4.78, 5) is 0. The Morgan fingerprint density at radius 3 is 1.57 bits per heavy atom. The molecule has 0 aliphatic rings. The molecule has 8 heteroatoms.